The zero-order valence-electron chi connectivity index (χ0n) is 17.1. The molecule has 0 aliphatic carbocycles. The minimum Gasteiger partial charge on any atom is -0.496 e. The summed E-state index contributed by atoms with van der Waals surface area (Å²) in [6.07, 6.45) is 7.66. The van der Waals surface area contributed by atoms with Crippen LogP contribution in [0.5, 0.6) is 5.75 Å². The number of fused-ring (bicyclic) bond motifs is 1. The summed E-state index contributed by atoms with van der Waals surface area (Å²) in [6.45, 7) is 3.53. The van der Waals surface area contributed by atoms with Crippen molar-refractivity contribution in [3.8, 4) is 17.1 Å². The molecule has 1 aliphatic heterocycles. The molecule has 0 spiro atoms. The number of benzene rings is 1. The van der Waals surface area contributed by atoms with Crippen molar-refractivity contribution in [3.63, 3.8) is 0 Å². The monoisotopic (exact) mass is 404 g/mol. The molecule has 1 fully saturated rings. The second kappa shape index (κ2) is 7.84. The number of nitrogens with one attached hydrogen (secondary N) is 1. The van der Waals surface area contributed by atoms with Crippen molar-refractivity contribution in [2.24, 2.45) is 0 Å². The van der Waals surface area contributed by atoms with Crippen LogP contribution in [0.3, 0.4) is 0 Å². The molecule has 3 aromatic heterocycles. The third-order valence-corrected chi connectivity index (χ3v) is 5.61. The van der Waals surface area contributed by atoms with Gasteiger partial charge in [-0.3, -0.25) is 0 Å². The molecular weight excluding hydrogens is 380 g/mol. The second-order valence-electron chi connectivity index (χ2n) is 7.51. The topological polar surface area (TPSA) is 73.8 Å². The number of ether oxygens (including phenoxy) is 2. The first-order valence-electron chi connectivity index (χ1n) is 10.1. The first-order valence-corrected chi connectivity index (χ1v) is 10.1. The van der Waals surface area contributed by atoms with Crippen LogP contribution >= 0.6 is 0 Å². The number of imidazole rings is 1. The molecule has 1 saturated heterocycles. The van der Waals surface area contributed by atoms with Gasteiger partial charge in [-0.1, -0.05) is 0 Å². The van der Waals surface area contributed by atoms with Gasteiger partial charge in [0.1, 0.15) is 5.75 Å². The van der Waals surface area contributed by atoms with Gasteiger partial charge in [0.15, 0.2) is 17.8 Å². The summed E-state index contributed by atoms with van der Waals surface area (Å²) in [6, 6.07) is 10.0. The van der Waals surface area contributed by atoms with E-state index in [1.54, 1.807) is 7.11 Å². The van der Waals surface area contributed by atoms with E-state index >= 15 is 0 Å². The van der Waals surface area contributed by atoms with E-state index < -0.39 is 0 Å². The Hall–Kier alpha value is -3.32. The van der Waals surface area contributed by atoms with Crippen LogP contribution in [0.15, 0.2) is 53.5 Å². The molecule has 1 N–H and O–H groups in total. The molecule has 0 saturated carbocycles. The van der Waals surface area contributed by atoms with Crippen LogP contribution in [0.2, 0.25) is 0 Å². The SMILES string of the molecule is COc1cc(Nc2cccn3cc(C4CCOCC4)nc23)ccc1-c1ocnc1C. The number of hydrogen-bond acceptors (Lipinski definition) is 6. The van der Waals surface area contributed by atoms with Crippen LogP contribution in [0.25, 0.3) is 17.0 Å². The van der Waals surface area contributed by atoms with E-state index in [-0.39, 0.29) is 0 Å². The maximum Gasteiger partial charge on any atom is 0.181 e. The maximum atomic E-state index is 5.61. The number of aryl methyl sites for hydroxylation is 1. The Balaban J connectivity index is 1.46. The van der Waals surface area contributed by atoms with Crippen LogP contribution in [-0.2, 0) is 4.74 Å². The fraction of sp³-hybridized carbons (Fsp3) is 0.304. The van der Waals surface area contributed by atoms with Crippen LogP contribution < -0.4 is 10.1 Å². The number of anilines is 2. The number of hydrogen-bond donors (Lipinski definition) is 1. The zero-order chi connectivity index (χ0) is 20.5. The summed E-state index contributed by atoms with van der Waals surface area (Å²) in [5.41, 5.74) is 5.60. The molecule has 4 heterocycles. The molecule has 0 atom stereocenters. The van der Waals surface area contributed by atoms with Crippen molar-refractivity contribution in [2.75, 3.05) is 25.6 Å². The van der Waals surface area contributed by atoms with Gasteiger partial charge in [-0.05, 0) is 44.0 Å². The standard InChI is InChI=1S/C23H24N4O3/c1-15-22(30-14-24-15)18-6-5-17(12-21(18)28-2)25-19-4-3-9-27-13-20(26-23(19)27)16-7-10-29-11-8-16/h3-6,9,12-14,16,25H,7-8,10-11H2,1-2H3. The van der Waals surface area contributed by atoms with Crippen molar-refractivity contribution in [1.82, 2.24) is 14.4 Å². The highest BCUT2D eigenvalue weighted by molar-refractivity contribution is 5.77. The highest BCUT2D eigenvalue weighted by Crippen LogP contribution is 2.35. The van der Waals surface area contributed by atoms with E-state index in [1.165, 1.54) is 6.39 Å². The van der Waals surface area contributed by atoms with Crippen molar-refractivity contribution in [3.05, 3.63) is 60.5 Å². The Morgan fingerprint density at radius 2 is 2.07 bits per heavy atom. The molecule has 30 heavy (non-hydrogen) atoms. The number of aromatic nitrogens is 3. The van der Waals surface area contributed by atoms with Gasteiger partial charge in [-0.15, -0.1) is 0 Å². The molecular formula is C23H24N4O3. The van der Waals surface area contributed by atoms with Gasteiger partial charge in [0.2, 0.25) is 0 Å². The largest absolute Gasteiger partial charge is 0.496 e. The fourth-order valence-electron chi connectivity index (χ4n) is 3.99. The molecule has 1 aromatic carbocycles. The Kier molecular flexibility index (Phi) is 4.88. The number of rotatable bonds is 5. The van der Waals surface area contributed by atoms with Crippen LogP contribution in [0.1, 0.15) is 30.1 Å². The highest BCUT2D eigenvalue weighted by atomic mass is 16.5. The van der Waals surface area contributed by atoms with E-state index in [1.807, 2.05) is 43.5 Å². The Bertz CT molecular complexity index is 1170. The van der Waals surface area contributed by atoms with Crippen molar-refractivity contribution >= 4 is 17.0 Å². The van der Waals surface area contributed by atoms with E-state index in [0.29, 0.717) is 5.92 Å². The fourth-order valence-corrected chi connectivity index (χ4v) is 3.99. The number of nitrogens with zero attached hydrogens (tertiary/aromatic N) is 3. The predicted octanol–water partition coefficient (Wildman–Crippen LogP) is 4.94. The molecule has 7 nitrogen and oxygen atoms in total. The smallest absolute Gasteiger partial charge is 0.181 e. The summed E-state index contributed by atoms with van der Waals surface area (Å²) in [5, 5.41) is 3.49. The number of methoxy groups -OCH3 is 1. The lowest BCUT2D eigenvalue weighted by molar-refractivity contribution is 0.0846. The Morgan fingerprint density at radius 1 is 1.20 bits per heavy atom. The zero-order valence-corrected chi connectivity index (χ0v) is 17.1. The van der Waals surface area contributed by atoms with Gasteiger partial charge in [0, 0.05) is 43.3 Å². The van der Waals surface area contributed by atoms with Crippen LogP contribution in [0.4, 0.5) is 11.4 Å². The van der Waals surface area contributed by atoms with E-state index in [4.69, 9.17) is 18.9 Å². The summed E-state index contributed by atoms with van der Waals surface area (Å²) >= 11 is 0. The van der Waals surface area contributed by atoms with Crippen molar-refractivity contribution < 1.29 is 13.9 Å². The molecule has 5 rings (SSSR count). The molecule has 0 radical (unpaired) electrons. The van der Waals surface area contributed by atoms with Gasteiger partial charge in [-0.25, -0.2) is 9.97 Å². The maximum absolute atomic E-state index is 5.61. The third kappa shape index (κ3) is 3.41. The van der Waals surface area contributed by atoms with Gasteiger partial charge < -0.3 is 23.6 Å². The summed E-state index contributed by atoms with van der Waals surface area (Å²) < 4.78 is 18.7. The Labute approximate surface area is 174 Å². The lowest BCUT2D eigenvalue weighted by Crippen LogP contribution is -2.14. The van der Waals surface area contributed by atoms with Crippen LogP contribution in [-0.4, -0.2) is 34.7 Å². The van der Waals surface area contributed by atoms with Gasteiger partial charge in [0.25, 0.3) is 0 Å². The lowest BCUT2D eigenvalue weighted by atomic mass is 9.97. The summed E-state index contributed by atoms with van der Waals surface area (Å²) in [7, 11) is 1.66. The second-order valence-corrected chi connectivity index (χ2v) is 7.51. The van der Waals surface area contributed by atoms with Crippen LogP contribution in [0, 0.1) is 6.92 Å². The van der Waals surface area contributed by atoms with E-state index in [0.717, 1.165) is 71.5 Å². The minimum atomic E-state index is 0.455. The predicted molar refractivity (Wildman–Crippen MR) is 114 cm³/mol. The third-order valence-electron chi connectivity index (χ3n) is 5.61. The Morgan fingerprint density at radius 3 is 2.83 bits per heavy atom. The average molecular weight is 404 g/mol. The van der Waals surface area contributed by atoms with Gasteiger partial charge in [0.05, 0.1) is 29.7 Å². The molecule has 0 unspecified atom stereocenters. The van der Waals surface area contributed by atoms with Gasteiger partial charge >= 0.3 is 0 Å². The molecule has 7 heteroatoms. The first-order chi connectivity index (χ1) is 14.7. The summed E-state index contributed by atoms with van der Waals surface area (Å²) in [4.78, 5) is 9.11. The normalized spacial score (nSPS) is 14.9. The molecule has 0 amide bonds. The highest BCUT2D eigenvalue weighted by Gasteiger charge is 2.20. The quantitative estimate of drug-likeness (QED) is 0.508. The average Bonchev–Trinajstić information content (AvgIpc) is 3.41. The minimum absolute atomic E-state index is 0.455. The molecule has 0 bridgehead atoms. The van der Waals surface area contributed by atoms with Crippen molar-refractivity contribution in [1.29, 1.82) is 0 Å². The summed E-state index contributed by atoms with van der Waals surface area (Å²) in [5.74, 6) is 1.89. The first kappa shape index (κ1) is 18.7. The lowest BCUT2D eigenvalue weighted by Gasteiger charge is -2.19. The molecule has 4 aromatic rings. The van der Waals surface area contributed by atoms with Gasteiger partial charge in [-0.2, -0.15) is 0 Å². The number of oxazole rings is 1. The van der Waals surface area contributed by atoms with E-state index in [2.05, 4.69) is 20.9 Å². The van der Waals surface area contributed by atoms with E-state index in [9.17, 15) is 0 Å². The molecule has 154 valence electrons. The van der Waals surface area contributed by atoms with Crippen molar-refractivity contribution in [2.45, 2.75) is 25.7 Å². The molecule has 1 aliphatic rings. The number of pyridine rings is 1.